The van der Waals surface area contributed by atoms with Crippen molar-refractivity contribution in [2.45, 2.75) is 31.8 Å². The first kappa shape index (κ1) is 13.7. The average molecular weight is 264 g/mol. The molecule has 104 valence electrons. The number of phenols is 1. The third kappa shape index (κ3) is 3.61. The standard InChI is InChI=1S/C14H20N2O3/c15-12-6-3-10(7-13(12)18)14(19)16-8-9-1-4-11(17)5-2-9/h3,6-7,9,11,17-18H,1-2,4-5,8,15H2,(H,16,19). The van der Waals surface area contributed by atoms with Gasteiger partial charge in [0.05, 0.1) is 11.8 Å². The number of carbonyl (C=O) groups excluding carboxylic acids is 1. The maximum atomic E-state index is 11.9. The van der Waals surface area contributed by atoms with Crippen LogP contribution in [0, 0.1) is 5.92 Å². The lowest BCUT2D eigenvalue weighted by molar-refractivity contribution is 0.0910. The molecule has 2 rings (SSSR count). The van der Waals surface area contributed by atoms with Gasteiger partial charge in [-0.15, -0.1) is 0 Å². The molecule has 0 heterocycles. The summed E-state index contributed by atoms with van der Waals surface area (Å²) in [6.07, 6.45) is 3.32. The van der Waals surface area contributed by atoms with Gasteiger partial charge in [-0.25, -0.2) is 0 Å². The van der Waals surface area contributed by atoms with Crippen molar-refractivity contribution in [3.63, 3.8) is 0 Å². The minimum atomic E-state index is -0.207. The first-order valence-corrected chi connectivity index (χ1v) is 6.61. The third-order valence-electron chi connectivity index (χ3n) is 3.66. The summed E-state index contributed by atoms with van der Waals surface area (Å²) in [5.74, 6) is 0.143. The van der Waals surface area contributed by atoms with Crippen molar-refractivity contribution in [3.05, 3.63) is 23.8 Å². The maximum Gasteiger partial charge on any atom is 0.251 e. The summed E-state index contributed by atoms with van der Waals surface area (Å²) in [5.41, 5.74) is 6.15. The fraction of sp³-hybridized carbons (Fsp3) is 0.500. The molecule has 1 aliphatic carbocycles. The van der Waals surface area contributed by atoms with Crippen LogP contribution in [0.25, 0.3) is 0 Å². The van der Waals surface area contributed by atoms with Crippen molar-refractivity contribution < 1.29 is 15.0 Å². The highest BCUT2D eigenvalue weighted by Gasteiger charge is 2.20. The van der Waals surface area contributed by atoms with E-state index in [2.05, 4.69) is 5.32 Å². The van der Waals surface area contributed by atoms with Gasteiger partial charge in [-0.2, -0.15) is 0 Å². The highest BCUT2D eigenvalue weighted by molar-refractivity contribution is 5.95. The Hall–Kier alpha value is -1.75. The first-order valence-electron chi connectivity index (χ1n) is 6.61. The predicted octanol–water partition coefficient (Wildman–Crippen LogP) is 1.26. The Morgan fingerprint density at radius 3 is 2.63 bits per heavy atom. The zero-order valence-corrected chi connectivity index (χ0v) is 10.8. The Balaban J connectivity index is 1.85. The van der Waals surface area contributed by atoms with E-state index in [1.165, 1.54) is 12.1 Å². The van der Waals surface area contributed by atoms with E-state index >= 15 is 0 Å². The number of nitrogens with one attached hydrogen (secondary N) is 1. The van der Waals surface area contributed by atoms with E-state index in [1.54, 1.807) is 6.07 Å². The van der Waals surface area contributed by atoms with Crippen molar-refractivity contribution in [2.75, 3.05) is 12.3 Å². The van der Waals surface area contributed by atoms with Gasteiger partial charge in [-0.3, -0.25) is 4.79 Å². The number of benzene rings is 1. The van der Waals surface area contributed by atoms with Gasteiger partial charge in [0.2, 0.25) is 0 Å². The van der Waals surface area contributed by atoms with Crippen molar-refractivity contribution in [2.24, 2.45) is 5.92 Å². The highest BCUT2D eigenvalue weighted by Crippen LogP contribution is 2.24. The molecular weight excluding hydrogens is 244 g/mol. The molecule has 0 atom stereocenters. The van der Waals surface area contributed by atoms with E-state index in [4.69, 9.17) is 5.73 Å². The molecule has 0 aromatic heterocycles. The summed E-state index contributed by atoms with van der Waals surface area (Å²) in [6.45, 7) is 0.608. The lowest BCUT2D eigenvalue weighted by Gasteiger charge is -2.25. The number of nitrogen functional groups attached to an aromatic ring is 1. The van der Waals surface area contributed by atoms with Gasteiger partial charge in [0.25, 0.3) is 5.91 Å². The molecule has 5 N–H and O–H groups in total. The third-order valence-corrected chi connectivity index (χ3v) is 3.66. The SMILES string of the molecule is Nc1ccc(C(=O)NCC2CCC(O)CC2)cc1O. The Morgan fingerprint density at radius 2 is 2.00 bits per heavy atom. The minimum Gasteiger partial charge on any atom is -0.506 e. The summed E-state index contributed by atoms with van der Waals surface area (Å²) in [6, 6.07) is 4.48. The van der Waals surface area contributed by atoms with Crippen molar-refractivity contribution in [3.8, 4) is 5.75 Å². The van der Waals surface area contributed by atoms with Crippen LogP contribution >= 0.6 is 0 Å². The Bertz CT molecular complexity index is 454. The van der Waals surface area contributed by atoms with Crippen LogP contribution in [0.15, 0.2) is 18.2 Å². The number of carbonyl (C=O) groups is 1. The molecule has 1 saturated carbocycles. The van der Waals surface area contributed by atoms with E-state index in [0.717, 1.165) is 25.7 Å². The second-order valence-electron chi connectivity index (χ2n) is 5.16. The topological polar surface area (TPSA) is 95.6 Å². The van der Waals surface area contributed by atoms with Gasteiger partial charge in [-0.1, -0.05) is 0 Å². The fourth-order valence-corrected chi connectivity index (χ4v) is 2.37. The molecule has 0 saturated heterocycles. The fourth-order valence-electron chi connectivity index (χ4n) is 2.37. The van der Waals surface area contributed by atoms with Gasteiger partial charge in [0.15, 0.2) is 0 Å². The van der Waals surface area contributed by atoms with Gasteiger partial charge in [-0.05, 0) is 49.8 Å². The number of rotatable bonds is 3. The molecule has 0 aliphatic heterocycles. The van der Waals surface area contributed by atoms with Crippen LogP contribution in [0.4, 0.5) is 5.69 Å². The van der Waals surface area contributed by atoms with Crippen LogP contribution in [0.3, 0.4) is 0 Å². The molecule has 1 aliphatic rings. The summed E-state index contributed by atoms with van der Waals surface area (Å²) < 4.78 is 0. The number of hydrogen-bond donors (Lipinski definition) is 4. The molecule has 5 heteroatoms. The monoisotopic (exact) mass is 264 g/mol. The minimum absolute atomic E-state index is 0.0755. The molecule has 0 spiro atoms. The summed E-state index contributed by atoms with van der Waals surface area (Å²) in [5, 5.41) is 21.7. The Morgan fingerprint density at radius 1 is 1.32 bits per heavy atom. The van der Waals surface area contributed by atoms with Crippen molar-refractivity contribution in [1.29, 1.82) is 0 Å². The number of hydrogen-bond acceptors (Lipinski definition) is 4. The number of aromatic hydroxyl groups is 1. The normalized spacial score (nSPS) is 23.0. The molecule has 1 aromatic carbocycles. The number of aliphatic hydroxyl groups excluding tert-OH is 1. The predicted molar refractivity (Wildman–Crippen MR) is 72.8 cm³/mol. The van der Waals surface area contributed by atoms with Crippen LogP contribution in [-0.4, -0.2) is 28.8 Å². The van der Waals surface area contributed by atoms with E-state index in [9.17, 15) is 15.0 Å². The van der Waals surface area contributed by atoms with Crippen molar-refractivity contribution >= 4 is 11.6 Å². The molecule has 1 fully saturated rings. The van der Waals surface area contributed by atoms with Gasteiger partial charge in [0.1, 0.15) is 5.75 Å². The summed E-state index contributed by atoms with van der Waals surface area (Å²) in [4.78, 5) is 11.9. The number of amides is 1. The number of anilines is 1. The number of nitrogens with two attached hydrogens (primary N) is 1. The zero-order valence-electron chi connectivity index (χ0n) is 10.8. The molecule has 1 aromatic rings. The van der Waals surface area contributed by atoms with Gasteiger partial charge < -0.3 is 21.3 Å². The van der Waals surface area contributed by atoms with Gasteiger partial charge in [0, 0.05) is 12.1 Å². The molecule has 1 amide bonds. The van der Waals surface area contributed by atoms with E-state index in [0.29, 0.717) is 18.0 Å². The van der Waals surface area contributed by atoms with Crippen LogP contribution in [-0.2, 0) is 0 Å². The second-order valence-corrected chi connectivity index (χ2v) is 5.16. The largest absolute Gasteiger partial charge is 0.506 e. The van der Waals surface area contributed by atoms with Crippen LogP contribution in [0.1, 0.15) is 36.0 Å². The molecule has 19 heavy (non-hydrogen) atoms. The molecular formula is C14H20N2O3. The number of phenolic OH excluding ortho intramolecular Hbond substituents is 1. The van der Waals surface area contributed by atoms with Crippen LogP contribution in [0.2, 0.25) is 0 Å². The van der Waals surface area contributed by atoms with E-state index < -0.39 is 0 Å². The summed E-state index contributed by atoms with van der Waals surface area (Å²) in [7, 11) is 0. The Kier molecular flexibility index (Phi) is 4.27. The van der Waals surface area contributed by atoms with Crippen LogP contribution < -0.4 is 11.1 Å². The maximum absolute atomic E-state index is 11.9. The Labute approximate surface area is 112 Å². The quantitative estimate of drug-likeness (QED) is 0.488. The lowest BCUT2D eigenvalue weighted by Crippen LogP contribution is -2.32. The second kappa shape index (κ2) is 5.93. The van der Waals surface area contributed by atoms with Crippen molar-refractivity contribution in [1.82, 2.24) is 5.32 Å². The van der Waals surface area contributed by atoms with E-state index in [1.807, 2.05) is 0 Å². The zero-order chi connectivity index (χ0) is 13.8. The van der Waals surface area contributed by atoms with Gasteiger partial charge >= 0.3 is 0 Å². The lowest BCUT2D eigenvalue weighted by atomic mass is 9.87. The summed E-state index contributed by atoms with van der Waals surface area (Å²) >= 11 is 0. The first-order chi connectivity index (χ1) is 9.06. The molecule has 0 bridgehead atoms. The molecule has 5 nitrogen and oxygen atoms in total. The smallest absolute Gasteiger partial charge is 0.251 e. The average Bonchev–Trinajstić information content (AvgIpc) is 2.41. The van der Waals surface area contributed by atoms with Crippen LogP contribution in [0.5, 0.6) is 5.75 Å². The molecule has 0 radical (unpaired) electrons. The number of aliphatic hydroxyl groups is 1. The highest BCUT2D eigenvalue weighted by atomic mass is 16.3. The molecule has 0 unspecified atom stereocenters. The van der Waals surface area contributed by atoms with E-state index in [-0.39, 0.29) is 23.4 Å².